The van der Waals surface area contributed by atoms with E-state index in [1.165, 1.54) is 30.4 Å². The second-order valence-electron chi connectivity index (χ2n) is 4.17. The zero-order valence-electron chi connectivity index (χ0n) is 11.0. The summed E-state index contributed by atoms with van der Waals surface area (Å²) in [4.78, 5) is 0. The van der Waals surface area contributed by atoms with E-state index in [4.69, 9.17) is 0 Å². The standard InChI is InChI=1S/C13H20.C2H6/c1-4-6-12-7-5-8-13(10-12)9-11(2)3;1-2/h5,7-8,10-11H,4,6,9H2,1-3H3;1-2H3. The first-order valence-electron chi connectivity index (χ1n) is 6.30. The van der Waals surface area contributed by atoms with Gasteiger partial charge in [-0.05, 0) is 29.9 Å². The lowest BCUT2D eigenvalue weighted by Gasteiger charge is -2.06. The Labute approximate surface area is 95.7 Å². The summed E-state index contributed by atoms with van der Waals surface area (Å²) < 4.78 is 0. The number of benzene rings is 1. The molecular weight excluding hydrogens is 180 g/mol. The van der Waals surface area contributed by atoms with Crippen molar-refractivity contribution < 1.29 is 0 Å². The van der Waals surface area contributed by atoms with Crippen molar-refractivity contribution in [3.63, 3.8) is 0 Å². The molecule has 0 fully saturated rings. The van der Waals surface area contributed by atoms with Crippen LogP contribution in [0.1, 0.15) is 52.2 Å². The molecule has 0 atom stereocenters. The van der Waals surface area contributed by atoms with Crippen molar-refractivity contribution in [3.05, 3.63) is 35.4 Å². The molecule has 0 unspecified atom stereocenters. The van der Waals surface area contributed by atoms with E-state index in [-0.39, 0.29) is 0 Å². The van der Waals surface area contributed by atoms with Crippen molar-refractivity contribution >= 4 is 0 Å². The number of hydrogen-bond donors (Lipinski definition) is 0. The fraction of sp³-hybridized carbons (Fsp3) is 0.600. The summed E-state index contributed by atoms with van der Waals surface area (Å²) in [5, 5.41) is 0. The Morgan fingerprint density at radius 3 is 2.20 bits per heavy atom. The van der Waals surface area contributed by atoms with Crippen LogP contribution in [-0.2, 0) is 12.8 Å². The molecular formula is C15H26. The molecule has 0 bridgehead atoms. The van der Waals surface area contributed by atoms with Crippen LogP contribution < -0.4 is 0 Å². The van der Waals surface area contributed by atoms with Gasteiger partial charge in [0.15, 0.2) is 0 Å². The number of hydrogen-bond acceptors (Lipinski definition) is 0. The highest BCUT2D eigenvalue weighted by Crippen LogP contribution is 2.11. The molecule has 0 heterocycles. The van der Waals surface area contributed by atoms with Gasteiger partial charge >= 0.3 is 0 Å². The normalized spacial score (nSPS) is 9.73. The fourth-order valence-electron chi connectivity index (χ4n) is 1.67. The second-order valence-corrected chi connectivity index (χ2v) is 4.17. The molecule has 1 rings (SSSR count). The Kier molecular flexibility index (Phi) is 8.08. The second kappa shape index (κ2) is 8.52. The Morgan fingerprint density at radius 2 is 1.67 bits per heavy atom. The van der Waals surface area contributed by atoms with Crippen molar-refractivity contribution in [1.82, 2.24) is 0 Å². The third kappa shape index (κ3) is 6.33. The van der Waals surface area contributed by atoms with Crippen LogP contribution in [0.25, 0.3) is 0 Å². The Morgan fingerprint density at radius 1 is 1.07 bits per heavy atom. The van der Waals surface area contributed by atoms with Crippen LogP contribution in [0.5, 0.6) is 0 Å². The summed E-state index contributed by atoms with van der Waals surface area (Å²) in [5.41, 5.74) is 2.97. The summed E-state index contributed by atoms with van der Waals surface area (Å²) in [6, 6.07) is 9.00. The quantitative estimate of drug-likeness (QED) is 0.659. The molecule has 0 aliphatic rings. The Balaban J connectivity index is 0.000000921. The molecule has 0 aromatic heterocycles. The van der Waals surface area contributed by atoms with Gasteiger partial charge in [-0.15, -0.1) is 0 Å². The number of rotatable bonds is 4. The average Bonchev–Trinajstić information content (AvgIpc) is 2.21. The van der Waals surface area contributed by atoms with Gasteiger partial charge in [-0.1, -0.05) is 65.3 Å². The van der Waals surface area contributed by atoms with Gasteiger partial charge in [0.25, 0.3) is 0 Å². The van der Waals surface area contributed by atoms with E-state index in [1.807, 2.05) is 13.8 Å². The van der Waals surface area contributed by atoms with Gasteiger partial charge in [0.05, 0.1) is 0 Å². The largest absolute Gasteiger partial charge is 0.0683 e. The smallest absolute Gasteiger partial charge is 0.0256 e. The molecule has 0 heteroatoms. The summed E-state index contributed by atoms with van der Waals surface area (Å²) in [7, 11) is 0. The molecule has 0 amide bonds. The van der Waals surface area contributed by atoms with E-state index in [1.54, 1.807) is 0 Å². The highest BCUT2D eigenvalue weighted by Gasteiger charge is 1.98. The number of aryl methyl sites for hydroxylation is 1. The molecule has 1 aromatic carbocycles. The molecule has 0 aliphatic carbocycles. The first kappa shape index (κ1) is 14.2. The fourth-order valence-corrected chi connectivity index (χ4v) is 1.67. The summed E-state index contributed by atoms with van der Waals surface area (Å²) in [6.07, 6.45) is 3.66. The highest BCUT2D eigenvalue weighted by molar-refractivity contribution is 5.23. The third-order valence-electron chi connectivity index (χ3n) is 2.17. The topological polar surface area (TPSA) is 0 Å². The molecule has 86 valence electrons. The zero-order valence-corrected chi connectivity index (χ0v) is 11.0. The predicted molar refractivity (Wildman–Crippen MR) is 70.3 cm³/mol. The van der Waals surface area contributed by atoms with Crippen LogP contribution in [-0.4, -0.2) is 0 Å². The van der Waals surface area contributed by atoms with Crippen LogP contribution in [0.15, 0.2) is 24.3 Å². The predicted octanol–water partition coefficient (Wildman–Crippen LogP) is 4.86. The van der Waals surface area contributed by atoms with E-state index in [0.29, 0.717) is 0 Å². The molecule has 0 saturated carbocycles. The van der Waals surface area contributed by atoms with E-state index in [9.17, 15) is 0 Å². The zero-order chi connectivity index (χ0) is 11.7. The van der Waals surface area contributed by atoms with Gasteiger partial charge < -0.3 is 0 Å². The van der Waals surface area contributed by atoms with Gasteiger partial charge in [-0.3, -0.25) is 0 Å². The van der Waals surface area contributed by atoms with Crippen molar-refractivity contribution in [1.29, 1.82) is 0 Å². The van der Waals surface area contributed by atoms with E-state index >= 15 is 0 Å². The van der Waals surface area contributed by atoms with Gasteiger partial charge in [-0.25, -0.2) is 0 Å². The van der Waals surface area contributed by atoms with Crippen molar-refractivity contribution in [3.8, 4) is 0 Å². The van der Waals surface area contributed by atoms with Crippen LogP contribution >= 0.6 is 0 Å². The van der Waals surface area contributed by atoms with Gasteiger partial charge in [0, 0.05) is 0 Å². The van der Waals surface area contributed by atoms with Crippen molar-refractivity contribution in [2.24, 2.45) is 5.92 Å². The van der Waals surface area contributed by atoms with Crippen LogP contribution in [0.2, 0.25) is 0 Å². The first-order chi connectivity index (χ1) is 7.22. The van der Waals surface area contributed by atoms with Crippen LogP contribution in [0.3, 0.4) is 0 Å². The molecule has 0 saturated heterocycles. The SMILES string of the molecule is CC.CCCc1cccc(CC(C)C)c1. The molecule has 0 spiro atoms. The van der Waals surface area contributed by atoms with E-state index in [0.717, 1.165) is 5.92 Å². The molecule has 0 radical (unpaired) electrons. The monoisotopic (exact) mass is 206 g/mol. The average molecular weight is 206 g/mol. The van der Waals surface area contributed by atoms with Gasteiger partial charge in [0.1, 0.15) is 0 Å². The maximum Gasteiger partial charge on any atom is -0.0256 e. The lowest BCUT2D eigenvalue weighted by Crippen LogP contribution is -1.94. The summed E-state index contributed by atoms with van der Waals surface area (Å²) in [6.45, 7) is 10.8. The lowest BCUT2D eigenvalue weighted by molar-refractivity contribution is 0.646. The maximum atomic E-state index is 2.35. The van der Waals surface area contributed by atoms with Crippen molar-refractivity contribution in [2.45, 2.75) is 53.9 Å². The molecule has 0 aliphatic heterocycles. The molecule has 1 aromatic rings. The summed E-state index contributed by atoms with van der Waals surface area (Å²) >= 11 is 0. The van der Waals surface area contributed by atoms with Gasteiger partial charge in [-0.2, -0.15) is 0 Å². The molecule has 15 heavy (non-hydrogen) atoms. The summed E-state index contributed by atoms with van der Waals surface area (Å²) in [5.74, 6) is 0.761. The minimum Gasteiger partial charge on any atom is -0.0683 e. The lowest BCUT2D eigenvalue weighted by atomic mass is 10.00. The van der Waals surface area contributed by atoms with E-state index in [2.05, 4.69) is 45.0 Å². The highest BCUT2D eigenvalue weighted by atomic mass is 14.0. The van der Waals surface area contributed by atoms with Crippen LogP contribution in [0.4, 0.5) is 0 Å². The minimum atomic E-state index is 0.761. The van der Waals surface area contributed by atoms with Crippen molar-refractivity contribution in [2.75, 3.05) is 0 Å². The molecule has 0 N–H and O–H groups in total. The van der Waals surface area contributed by atoms with Gasteiger partial charge in [0.2, 0.25) is 0 Å². The maximum absolute atomic E-state index is 2.35. The molecule has 0 nitrogen and oxygen atoms in total. The Hall–Kier alpha value is -0.780. The Bertz CT molecular complexity index is 248. The minimum absolute atomic E-state index is 0.761. The van der Waals surface area contributed by atoms with E-state index < -0.39 is 0 Å². The van der Waals surface area contributed by atoms with Crippen LogP contribution in [0, 0.1) is 5.92 Å². The third-order valence-corrected chi connectivity index (χ3v) is 2.17. The first-order valence-corrected chi connectivity index (χ1v) is 6.30.